The van der Waals surface area contributed by atoms with Crippen LogP contribution in [0, 0.1) is 10.5 Å². The third kappa shape index (κ3) is 3.67. The van der Waals surface area contributed by atoms with E-state index >= 15 is 0 Å². The number of hydrogen-bond donors (Lipinski definition) is 1. The van der Waals surface area contributed by atoms with Gasteiger partial charge < -0.3 is 5.32 Å². The fourth-order valence-electron chi connectivity index (χ4n) is 2.68. The third-order valence-electron chi connectivity index (χ3n) is 3.98. The van der Waals surface area contributed by atoms with E-state index in [-0.39, 0.29) is 11.9 Å². The summed E-state index contributed by atoms with van der Waals surface area (Å²) in [7, 11) is 0. The monoisotopic (exact) mass is 427 g/mol. The van der Waals surface area contributed by atoms with Crippen LogP contribution in [0.4, 0.5) is 0 Å². The summed E-state index contributed by atoms with van der Waals surface area (Å²) in [4.78, 5) is 12.9. The van der Waals surface area contributed by atoms with Gasteiger partial charge in [0.2, 0.25) is 0 Å². The Morgan fingerprint density at radius 2 is 1.38 bits per heavy atom. The fraction of sp³-hybridized carbons (Fsp3) is 0.0952. The quantitative estimate of drug-likeness (QED) is 0.576. The Hall–Kier alpha value is -2.14. The zero-order chi connectivity index (χ0) is 16.9. The van der Waals surface area contributed by atoms with E-state index < -0.39 is 0 Å². The Labute approximate surface area is 156 Å². The van der Waals surface area contributed by atoms with Crippen molar-refractivity contribution in [3.63, 3.8) is 0 Å². The van der Waals surface area contributed by atoms with Crippen molar-refractivity contribution in [3.8, 4) is 0 Å². The molecule has 1 amide bonds. The lowest BCUT2D eigenvalue weighted by atomic mass is 9.98. The van der Waals surface area contributed by atoms with Crippen molar-refractivity contribution in [1.82, 2.24) is 5.32 Å². The second kappa shape index (κ2) is 7.62. The van der Waals surface area contributed by atoms with E-state index in [0.29, 0.717) is 5.56 Å². The fourth-order valence-corrected chi connectivity index (χ4v) is 3.29. The van der Waals surface area contributed by atoms with Gasteiger partial charge in [0.15, 0.2) is 0 Å². The van der Waals surface area contributed by atoms with Gasteiger partial charge in [-0.25, -0.2) is 0 Å². The van der Waals surface area contributed by atoms with Gasteiger partial charge in [0.05, 0.1) is 11.6 Å². The van der Waals surface area contributed by atoms with Crippen molar-refractivity contribution in [2.75, 3.05) is 0 Å². The average Bonchev–Trinajstić information content (AvgIpc) is 2.63. The summed E-state index contributed by atoms with van der Waals surface area (Å²) in [6, 6.07) is 25.7. The maximum Gasteiger partial charge on any atom is 0.253 e. The van der Waals surface area contributed by atoms with Crippen molar-refractivity contribution in [3.05, 3.63) is 105 Å². The zero-order valence-corrected chi connectivity index (χ0v) is 15.5. The lowest BCUT2D eigenvalue weighted by Gasteiger charge is -2.20. The van der Waals surface area contributed by atoms with Crippen LogP contribution in [-0.2, 0) is 0 Å². The minimum absolute atomic E-state index is 0.0548. The maximum atomic E-state index is 12.9. The number of nitrogens with one attached hydrogen (secondary N) is 1. The highest BCUT2D eigenvalue weighted by molar-refractivity contribution is 14.1. The van der Waals surface area contributed by atoms with Crippen molar-refractivity contribution < 1.29 is 4.79 Å². The van der Waals surface area contributed by atoms with Crippen LogP contribution in [0.1, 0.15) is 33.1 Å². The van der Waals surface area contributed by atoms with Gasteiger partial charge in [0.25, 0.3) is 5.91 Å². The van der Waals surface area contributed by atoms with Gasteiger partial charge in [-0.1, -0.05) is 72.8 Å². The number of halogens is 1. The van der Waals surface area contributed by atoms with Gasteiger partial charge in [-0.05, 0) is 52.3 Å². The predicted molar refractivity (Wildman–Crippen MR) is 106 cm³/mol. The first kappa shape index (κ1) is 16.7. The number of benzene rings is 3. The number of hydrogen-bond acceptors (Lipinski definition) is 1. The largest absolute Gasteiger partial charge is 0.341 e. The highest BCUT2D eigenvalue weighted by Gasteiger charge is 2.19. The van der Waals surface area contributed by atoms with Crippen LogP contribution < -0.4 is 5.32 Å². The highest BCUT2D eigenvalue weighted by Crippen LogP contribution is 2.23. The van der Waals surface area contributed by atoms with Gasteiger partial charge >= 0.3 is 0 Å². The molecule has 3 rings (SSSR count). The van der Waals surface area contributed by atoms with Crippen LogP contribution in [0.2, 0.25) is 0 Å². The summed E-state index contributed by atoms with van der Waals surface area (Å²) in [5.41, 5.74) is 3.96. The SMILES string of the molecule is Cc1cccc(C(=O)NC(c2ccccc2)c2ccccc2)c1I. The number of amides is 1. The van der Waals surface area contributed by atoms with E-state index in [1.165, 1.54) is 0 Å². The van der Waals surface area contributed by atoms with E-state index in [4.69, 9.17) is 0 Å². The highest BCUT2D eigenvalue weighted by atomic mass is 127. The lowest BCUT2D eigenvalue weighted by Crippen LogP contribution is -2.30. The van der Waals surface area contributed by atoms with E-state index in [1.54, 1.807) is 0 Å². The molecule has 0 heterocycles. The maximum absolute atomic E-state index is 12.9. The average molecular weight is 427 g/mol. The normalized spacial score (nSPS) is 10.6. The molecule has 3 aromatic carbocycles. The van der Waals surface area contributed by atoms with Crippen LogP contribution >= 0.6 is 22.6 Å². The van der Waals surface area contributed by atoms with Gasteiger partial charge in [-0.2, -0.15) is 0 Å². The summed E-state index contributed by atoms with van der Waals surface area (Å²) in [6.07, 6.45) is 0. The molecule has 2 nitrogen and oxygen atoms in total. The Bertz CT molecular complexity index is 791. The van der Waals surface area contributed by atoms with Crippen molar-refractivity contribution in [1.29, 1.82) is 0 Å². The number of rotatable bonds is 4. The van der Waals surface area contributed by atoms with Gasteiger partial charge in [-0.15, -0.1) is 0 Å². The zero-order valence-electron chi connectivity index (χ0n) is 13.4. The summed E-state index contributed by atoms with van der Waals surface area (Å²) >= 11 is 2.24. The van der Waals surface area contributed by atoms with Crippen LogP contribution in [0.25, 0.3) is 0 Å². The summed E-state index contributed by atoms with van der Waals surface area (Å²) < 4.78 is 0.993. The van der Waals surface area contributed by atoms with Crippen molar-refractivity contribution >= 4 is 28.5 Å². The van der Waals surface area contributed by atoms with Crippen LogP contribution in [0.3, 0.4) is 0 Å². The summed E-state index contributed by atoms with van der Waals surface area (Å²) in [5, 5.41) is 3.19. The molecular formula is C21H18INO. The molecule has 3 aromatic rings. The molecule has 0 aliphatic rings. The van der Waals surface area contributed by atoms with Crippen LogP contribution in [0.15, 0.2) is 78.9 Å². The van der Waals surface area contributed by atoms with Crippen LogP contribution in [0.5, 0.6) is 0 Å². The minimum Gasteiger partial charge on any atom is -0.341 e. The standard InChI is InChI=1S/C21H18INO/c1-15-9-8-14-18(19(15)22)21(24)23-20(16-10-4-2-5-11-16)17-12-6-3-7-13-17/h2-14,20H,1H3,(H,23,24). The molecule has 0 aliphatic carbocycles. The number of carbonyl (C=O) groups is 1. The van der Waals surface area contributed by atoms with E-state index in [0.717, 1.165) is 20.3 Å². The molecule has 0 unspecified atom stereocenters. The molecule has 0 fully saturated rings. The molecular weight excluding hydrogens is 409 g/mol. The molecule has 0 saturated heterocycles. The van der Waals surface area contributed by atoms with E-state index in [2.05, 4.69) is 27.9 Å². The molecule has 0 saturated carbocycles. The Morgan fingerprint density at radius 3 is 1.92 bits per heavy atom. The van der Waals surface area contributed by atoms with Gasteiger partial charge in [-0.3, -0.25) is 4.79 Å². The second-order valence-corrected chi connectivity index (χ2v) is 6.74. The molecule has 0 radical (unpaired) electrons. The van der Waals surface area contributed by atoms with Crippen molar-refractivity contribution in [2.24, 2.45) is 0 Å². The number of aryl methyl sites for hydroxylation is 1. The first-order valence-electron chi connectivity index (χ1n) is 7.82. The molecule has 3 heteroatoms. The Balaban J connectivity index is 1.95. The number of carbonyl (C=O) groups excluding carboxylic acids is 1. The first-order valence-corrected chi connectivity index (χ1v) is 8.90. The molecule has 0 aliphatic heterocycles. The minimum atomic E-state index is -0.170. The third-order valence-corrected chi connectivity index (χ3v) is 5.41. The second-order valence-electron chi connectivity index (χ2n) is 5.66. The summed E-state index contributed by atoms with van der Waals surface area (Å²) in [5.74, 6) is -0.0548. The molecule has 0 aromatic heterocycles. The molecule has 24 heavy (non-hydrogen) atoms. The van der Waals surface area contributed by atoms with E-state index in [9.17, 15) is 4.79 Å². The van der Waals surface area contributed by atoms with Gasteiger partial charge in [0.1, 0.15) is 0 Å². The summed E-state index contributed by atoms with van der Waals surface area (Å²) in [6.45, 7) is 2.02. The predicted octanol–water partition coefficient (Wildman–Crippen LogP) is 5.12. The van der Waals surface area contributed by atoms with Crippen LogP contribution in [-0.4, -0.2) is 5.91 Å². The lowest BCUT2D eigenvalue weighted by molar-refractivity contribution is 0.0942. The molecule has 0 atom stereocenters. The van der Waals surface area contributed by atoms with Crippen molar-refractivity contribution in [2.45, 2.75) is 13.0 Å². The molecule has 0 bridgehead atoms. The molecule has 1 N–H and O–H groups in total. The molecule has 120 valence electrons. The van der Waals surface area contributed by atoms with Gasteiger partial charge in [0, 0.05) is 3.57 Å². The van der Waals surface area contributed by atoms with E-state index in [1.807, 2.05) is 85.8 Å². The Kier molecular flexibility index (Phi) is 5.30. The topological polar surface area (TPSA) is 29.1 Å². The Morgan fingerprint density at radius 1 is 0.833 bits per heavy atom. The smallest absolute Gasteiger partial charge is 0.253 e. The molecule has 0 spiro atoms. The first-order chi connectivity index (χ1) is 11.7.